The molecule has 3 heteroatoms. The summed E-state index contributed by atoms with van der Waals surface area (Å²) in [6, 6.07) is 25.1. The molecular weight excluding hydrogens is 322 g/mol. The van der Waals surface area contributed by atoms with Crippen molar-refractivity contribution in [3.63, 3.8) is 0 Å². The minimum atomic E-state index is -0.150. The molecule has 1 N–H and O–H groups in total. The Morgan fingerprint density at radius 1 is 0.731 bits per heavy atom. The van der Waals surface area contributed by atoms with Crippen LogP contribution in [0.5, 0.6) is 0 Å². The summed E-state index contributed by atoms with van der Waals surface area (Å²) in [5, 5.41) is 2.82. The molecule has 0 aliphatic carbocycles. The molecule has 3 aromatic rings. The second-order valence-corrected chi connectivity index (χ2v) is 6.28. The van der Waals surface area contributed by atoms with E-state index in [2.05, 4.69) is 5.32 Å². The standard InChI is InChI=1S/C23H21NO2/c1-17-7-13-21(14-8-17)24-23(26)16-15-22(25)20-11-9-19(10-12-20)18-5-3-2-4-6-18/h2-14H,15-16H2,1H3,(H,24,26). The molecule has 0 atom stereocenters. The molecule has 0 heterocycles. The third-order valence-corrected chi connectivity index (χ3v) is 4.23. The topological polar surface area (TPSA) is 46.2 Å². The minimum absolute atomic E-state index is 0.0244. The maximum atomic E-state index is 12.3. The van der Waals surface area contributed by atoms with Gasteiger partial charge < -0.3 is 5.32 Å². The Morgan fingerprint density at radius 3 is 2.00 bits per heavy atom. The largest absolute Gasteiger partial charge is 0.326 e. The predicted octanol–water partition coefficient (Wildman–Crippen LogP) is 5.26. The minimum Gasteiger partial charge on any atom is -0.326 e. The van der Waals surface area contributed by atoms with Crippen LogP contribution >= 0.6 is 0 Å². The van der Waals surface area contributed by atoms with Gasteiger partial charge in [-0.2, -0.15) is 0 Å². The van der Waals surface area contributed by atoms with Crippen molar-refractivity contribution in [1.82, 2.24) is 0 Å². The van der Waals surface area contributed by atoms with Crippen molar-refractivity contribution in [2.75, 3.05) is 5.32 Å². The lowest BCUT2D eigenvalue weighted by molar-refractivity contribution is -0.116. The molecule has 0 aromatic heterocycles. The van der Waals surface area contributed by atoms with Crippen LogP contribution in [0.3, 0.4) is 0 Å². The number of amides is 1. The van der Waals surface area contributed by atoms with Gasteiger partial charge in [0.2, 0.25) is 5.91 Å². The number of rotatable bonds is 6. The van der Waals surface area contributed by atoms with E-state index in [1.54, 1.807) is 0 Å². The Bertz CT molecular complexity index is 882. The zero-order chi connectivity index (χ0) is 18.4. The van der Waals surface area contributed by atoms with Crippen molar-refractivity contribution in [3.8, 4) is 11.1 Å². The highest BCUT2D eigenvalue weighted by Gasteiger charge is 2.10. The van der Waals surface area contributed by atoms with Crippen molar-refractivity contribution >= 4 is 17.4 Å². The van der Waals surface area contributed by atoms with Gasteiger partial charge >= 0.3 is 0 Å². The lowest BCUT2D eigenvalue weighted by atomic mass is 10.0. The van der Waals surface area contributed by atoms with Gasteiger partial charge in [0, 0.05) is 24.1 Å². The fraction of sp³-hybridized carbons (Fsp3) is 0.130. The van der Waals surface area contributed by atoms with Crippen molar-refractivity contribution in [1.29, 1.82) is 0 Å². The maximum Gasteiger partial charge on any atom is 0.224 e. The molecule has 3 nitrogen and oxygen atoms in total. The summed E-state index contributed by atoms with van der Waals surface area (Å²) in [5.41, 5.74) is 4.70. The molecule has 0 radical (unpaired) electrons. The van der Waals surface area contributed by atoms with Crippen LogP contribution in [0.25, 0.3) is 11.1 Å². The first-order valence-electron chi connectivity index (χ1n) is 8.67. The predicted molar refractivity (Wildman–Crippen MR) is 105 cm³/mol. The van der Waals surface area contributed by atoms with Crippen molar-refractivity contribution in [3.05, 3.63) is 90.0 Å². The zero-order valence-corrected chi connectivity index (χ0v) is 14.7. The number of carbonyl (C=O) groups excluding carboxylic acids is 2. The molecule has 0 saturated carbocycles. The van der Waals surface area contributed by atoms with E-state index < -0.39 is 0 Å². The fourth-order valence-electron chi connectivity index (χ4n) is 2.71. The summed E-state index contributed by atoms with van der Waals surface area (Å²) in [6.07, 6.45) is 0.371. The van der Waals surface area contributed by atoms with Crippen LogP contribution in [0.4, 0.5) is 5.69 Å². The van der Waals surface area contributed by atoms with Gasteiger partial charge in [-0.05, 0) is 30.2 Å². The molecule has 1 amide bonds. The molecule has 0 spiro atoms. The van der Waals surface area contributed by atoms with Crippen molar-refractivity contribution in [2.24, 2.45) is 0 Å². The first-order chi connectivity index (χ1) is 12.6. The summed E-state index contributed by atoms with van der Waals surface area (Å²) in [7, 11) is 0. The Morgan fingerprint density at radius 2 is 1.35 bits per heavy atom. The van der Waals surface area contributed by atoms with Crippen LogP contribution in [0.2, 0.25) is 0 Å². The van der Waals surface area contributed by atoms with Gasteiger partial charge in [0.05, 0.1) is 0 Å². The highest BCUT2D eigenvalue weighted by atomic mass is 16.2. The van der Waals surface area contributed by atoms with Gasteiger partial charge in [0.15, 0.2) is 5.78 Å². The van der Waals surface area contributed by atoms with E-state index >= 15 is 0 Å². The molecule has 0 aliphatic heterocycles. The molecule has 0 unspecified atom stereocenters. The van der Waals surface area contributed by atoms with Crippen LogP contribution in [0.15, 0.2) is 78.9 Å². The van der Waals surface area contributed by atoms with Gasteiger partial charge in [0.1, 0.15) is 0 Å². The number of nitrogens with one attached hydrogen (secondary N) is 1. The van der Waals surface area contributed by atoms with Crippen molar-refractivity contribution < 1.29 is 9.59 Å². The summed E-state index contributed by atoms with van der Waals surface area (Å²) in [5.74, 6) is -0.174. The fourth-order valence-corrected chi connectivity index (χ4v) is 2.71. The summed E-state index contributed by atoms with van der Waals surface area (Å²) >= 11 is 0. The van der Waals surface area contributed by atoms with E-state index in [4.69, 9.17) is 0 Å². The Labute approximate surface area is 153 Å². The first kappa shape index (κ1) is 17.6. The number of aryl methyl sites for hydroxylation is 1. The number of anilines is 1. The summed E-state index contributed by atoms with van der Waals surface area (Å²) < 4.78 is 0. The number of ketones is 1. The normalized spacial score (nSPS) is 10.3. The van der Waals surface area contributed by atoms with E-state index in [1.807, 2.05) is 85.8 Å². The average molecular weight is 343 g/mol. The van der Waals surface area contributed by atoms with Crippen LogP contribution in [0, 0.1) is 6.92 Å². The molecule has 26 heavy (non-hydrogen) atoms. The molecule has 3 aromatic carbocycles. The molecular formula is C23H21NO2. The lowest BCUT2D eigenvalue weighted by Crippen LogP contribution is -2.13. The molecule has 0 fully saturated rings. The highest BCUT2D eigenvalue weighted by Crippen LogP contribution is 2.20. The molecule has 3 rings (SSSR count). The number of Topliss-reactive ketones (excluding diaryl/α,β-unsaturated/α-hetero) is 1. The zero-order valence-electron chi connectivity index (χ0n) is 14.7. The summed E-state index contributed by atoms with van der Waals surface area (Å²) in [4.78, 5) is 24.3. The van der Waals surface area contributed by atoms with Crippen LogP contribution < -0.4 is 5.32 Å². The second-order valence-electron chi connectivity index (χ2n) is 6.28. The molecule has 0 bridgehead atoms. The Kier molecular flexibility index (Phi) is 5.59. The average Bonchev–Trinajstić information content (AvgIpc) is 2.69. The maximum absolute atomic E-state index is 12.3. The number of benzene rings is 3. The van der Waals surface area contributed by atoms with Crippen LogP contribution in [-0.4, -0.2) is 11.7 Å². The number of hydrogen-bond donors (Lipinski definition) is 1. The Balaban J connectivity index is 1.54. The van der Waals surface area contributed by atoms with Gasteiger partial charge in [-0.1, -0.05) is 72.3 Å². The van der Waals surface area contributed by atoms with Gasteiger partial charge in [-0.15, -0.1) is 0 Å². The second kappa shape index (κ2) is 8.26. The first-order valence-corrected chi connectivity index (χ1v) is 8.67. The monoisotopic (exact) mass is 343 g/mol. The van der Waals surface area contributed by atoms with E-state index in [9.17, 15) is 9.59 Å². The van der Waals surface area contributed by atoms with E-state index in [0.29, 0.717) is 5.56 Å². The molecule has 130 valence electrons. The van der Waals surface area contributed by atoms with Crippen LogP contribution in [0.1, 0.15) is 28.8 Å². The third-order valence-electron chi connectivity index (χ3n) is 4.23. The SMILES string of the molecule is Cc1ccc(NC(=O)CCC(=O)c2ccc(-c3ccccc3)cc2)cc1. The van der Waals surface area contributed by atoms with E-state index in [-0.39, 0.29) is 24.5 Å². The van der Waals surface area contributed by atoms with Gasteiger partial charge in [-0.25, -0.2) is 0 Å². The quantitative estimate of drug-likeness (QED) is 0.620. The lowest BCUT2D eigenvalue weighted by Gasteiger charge is -2.06. The van der Waals surface area contributed by atoms with Crippen molar-refractivity contribution in [2.45, 2.75) is 19.8 Å². The summed E-state index contributed by atoms with van der Waals surface area (Å²) in [6.45, 7) is 1.99. The Hall–Kier alpha value is -3.20. The number of hydrogen-bond acceptors (Lipinski definition) is 2. The van der Waals surface area contributed by atoms with E-state index in [0.717, 1.165) is 22.4 Å². The number of carbonyl (C=O) groups is 2. The molecule has 0 aliphatic rings. The van der Waals surface area contributed by atoms with Gasteiger partial charge in [0.25, 0.3) is 0 Å². The van der Waals surface area contributed by atoms with Gasteiger partial charge in [-0.3, -0.25) is 9.59 Å². The molecule has 0 saturated heterocycles. The van der Waals surface area contributed by atoms with Crippen LogP contribution in [-0.2, 0) is 4.79 Å². The highest BCUT2D eigenvalue weighted by molar-refractivity contribution is 6.00. The smallest absolute Gasteiger partial charge is 0.224 e. The van der Waals surface area contributed by atoms with E-state index in [1.165, 1.54) is 0 Å². The third kappa shape index (κ3) is 4.67.